The number of benzene rings is 2. The Morgan fingerprint density at radius 2 is 1.85 bits per heavy atom. The highest BCUT2D eigenvalue weighted by molar-refractivity contribution is 6.42. The van der Waals surface area contributed by atoms with Crippen LogP contribution in [0.25, 0.3) is 11.1 Å². The van der Waals surface area contributed by atoms with Gasteiger partial charge < -0.3 is 16.2 Å². The number of hydrogen-bond acceptors (Lipinski definition) is 5. The highest BCUT2D eigenvalue weighted by Crippen LogP contribution is 2.30. The standard InChI is InChI=1S/C19H18Cl2N4O2/c20-14-7-6-12(10-15(14)21)13-11-25(19(26)24-18(13)23)8-3-9-27-17-5-2-1-4-16(17)22/h1-2,4-7,10-11H,3,8-9,22H2,(H2,23,24,26). The lowest BCUT2D eigenvalue weighted by atomic mass is 10.1. The van der Waals surface area contributed by atoms with E-state index in [0.717, 1.165) is 5.56 Å². The molecule has 6 nitrogen and oxygen atoms in total. The molecule has 2 aromatic carbocycles. The number of para-hydroxylation sites is 2. The van der Waals surface area contributed by atoms with Crippen molar-refractivity contribution in [2.75, 3.05) is 18.1 Å². The first-order valence-electron chi connectivity index (χ1n) is 8.25. The van der Waals surface area contributed by atoms with Crippen molar-refractivity contribution >= 4 is 34.7 Å². The molecule has 0 spiro atoms. The summed E-state index contributed by atoms with van der Waals surface area (Å²) in [5, 5.41) is 0.845. The van der Waals surface area contributed by atoms with Crippen molar-refractivity contribution < 1.29 is 4.74 Å². The fourth-order valence-corrected chi connectivity index (χ4v) is 2.88. The lowest BCUT2D eigenvalue weighted by Crippen LogP contribution is -2.25. The average Bonchev–Trinajstić information content (AvgIpc) is 2.64. The van der Waals surface area contributed by atoms with Gasteiger partial charge in [0.1, 0.15) is 11.6 Å². The van der Waals surface area contributed by atoms with Crippen LogP contribution in [0.5, 0.6) is 5.75 Å². The van der Waals surface area contributed by atoms with E-state index >= 15 is 0 Å². The molecule has 0 radical (unpaired) electrons. The van der Waals surface area contributed by atoms with Gasteiger partial charge in [-0.15, -0.1) is 0 Å². The van der Waals surface area contributed by atoms with Crippen LogP contribution >= 0.6 is 23.2 Å². The number of nitrogen functional groups attached to an aromatic ring is 2. The van der Waals surface area contributed by atoms with Crippen molar-refractivity contribution in [3.8, 4) is 16.9 Å². The summed E-state index contributed by atoms with van der Waals surface area (Å²) in [5.74, 6) is 0.764. The van der Waals surface area contributed by atoms with Gasteiger partial charge in [0.25, 0.3) is 0 Å². The van der Waals surface area contributed by atoms with Gasteiger partial charge in [0.2, 0.25) is 0 Å². The molecule has 0 fully saturated rings. The zero-order valence-corrected chi connectivity index (χ0v) is 15.9. The van der Waals surface area contributed by atoms with Crippen LogP contribution in [0.2, 0.25) is 10.0 Å². The van der Waals surface area contributed by atoms with Gasteiger partial charge in [-0.3, -0.25) is 4.57 Å². The Morgan fingerprint density at radius 3 is 2.59 bits per heavy atom. The zero-order valence-electron chi connectivity index (χ0n) is 14.4. The number of nitrogens with zero attached hydrogens (tertiary/aromatic N) is 2. The van der Waals surface area contributed by atoms with Crippen LogP contribution in [0.15, 0.2) is 53.5 Å². The minimum Gasteiger partial charge on any atom is -0.491 e. The molecule has 0 saturated heterocycles. The molecular weight excluding hydrogens is 387 g/mol. The Kier molecular flexibility index (Phi) is 5.88. The molecule has 3 aromatic rings. The third kappa shape index (κ3) is 4.53. The molecule has 27 heavy (non-hydrogen) atoms. The predicted molar refractivity (Wildman–Crippen MR) is 109 cm³/mol. The molecule has 0 atom stereocenters. The monoisotopic (exact) mass is 404 g/mol. The molecule has 0 saturated carbocycles. The van der Waals surface area contributed by atoms with E-state index in [2.05, 4.69) is 4.98 Å². The molecule has 1 heterocycles. The fourth-order valence-electron chi connectivity index (χ4n) is 2.58. The largest absolute Gasteiger partial charge is 0.491 e. The summed E-state index contributed by atoms with van der Waals surface area (Å²) >= 11 is 12.0. The van der Waals surface area contributed by atoms with E-state index in [1.807, 2.05) is 12.1 Å². The van der Waals surface area contributed by atoms with Crippen LogP contribution in [-0.4, -0.2) is 16.2 Å². The SMILES string of the molecule is Nc1ccccc1OCCCn1cc(-c2ccc(Cl)c(Cl)c2)c(N)nc1=O. The molecule has 0 aliphatic heterocycles. The summed E-state index contributed by atoms with van der Waals surface area (Å²) in [5.41, 5.74) is 13.3. The maximum atomic E-state index is 12.1. The first-order valence-corrected chi connectivity index (χ1v) is 9.01. The quantitative estimate of drug-likeness (QED) is 0.480. The highest BCUT2D eigenvalue weighted by atomic mass is 35.5. The minimum absolute atomic E-state index is 0.142. The molecule has 8 heteroatoms. The third-order valence-corrected chi connectivity index (χ3v) is 4.71. The second kappa shape index (κ2) is 8.33. The molecule has 3 rings (SSSR count). The second-order valence-corrected chi connectivity index (χ2v) is 6.70. The first kappa shape index (κ1) is 19.1. The van der Waals surface area contributed by atoms with E-state index in [0.29, 0.717) is 46.6 Å². The lowest BCUT2D eigenvalue weighted by molar-refractivity contribution is 0.302. The van der Waals surface area contributed by atoms with Crippen molar-refractivity contribution in [1.29, 1.82) is 0 Å². The summed E-state index contributed by atoms with van der Waals surface area (Å²) in [7, 11) is 0. The van der Waals surface area contributed by atoms with E-state index < -0.39 is 5.69 Å². The van der Waals surface area contributed by atoms with Crippen molar-refractivity contribution in [3.63, 3.8) is 0 Å². The molecule has 140 valence electrons. The van der Waals surface area contributed by atoms with Crippen molar-refractivity contribution in [1.82, 2.24) is 9.55 Å². The van der Waals surface area contributed by atoms with Crippen LogP contribution in [-0.2, 0) is 6.54 Å². The van der Waals surface area contributed by atoms with Gasteiger partial charge in [0.05, 0.1) is 22.3 Å². The highest BCUT2D eigenvalue weighted by Gasteiger charge is 2.10. The summed E-state index contributed by atoms with van der Waals surface area (Å²) < 4.78 is 7.14. The Bertz CT molecular complexity index is 1020. The van der Waals surface area contributed by atoms with E-state index in [9.17, 15) is 4.79 Å². The number of halogens is 2. The van der Waals surface area contributed by atoms with Crippen LogP contribution in [0.4, 0.5) is 11.5 Å². The normalized spacial score (nSPS) is 10.7. The van der Waals surface area contributed by atoms with Gasteiger partial charge in [-0.05, 0) is 36.2 Å². The predicted octanol–water partition coefficient (Wildman–Crippen LogP) is 3.85. The van der Waals surface area contributed by atoms with Gasteiger partial charge in [0.15, 0.2) is 0 Å². The molecule has 0 aliphatic rings. The van der Waals surface area contributed by atoms with Gasteiger partial charge in [-0.2, -0.15) is 4.98 Å². The third-order valence-electron chi connectivity index (χ3n) is 3.97. The van der Waals surface area contributed by atoms with Crippen LogP contribution in [0.3, 0.4) is 0 Å². The minimum atomic E-state index is -0.421. The average molecular weight is 405 g/mol. The maximum Gasteiger partial charge on any atom is 0.349 e. The Balaban J connectivity index is 1.73. The van der Waals surface area contributed by atoms with Gasteiger partial charge >= 0.3 is 5.69 Å². The number of anilines is 2. The van der Waals surface area contributed by atoms with Gasteiger partial charge in [-0.25, -0.2) is 4.79 Å². The fraction of sp³-hybridized carbons (Fsp3) is 0.158. The summed E-state index contributed by atoms with van der Waals surface area (Å²) in [6, 6.07) is 12.4. The van der Waals surface area contributed by atoms with E-state index in [-0.39, 0.29) is 5.82 Å². The first-order chi connectivity index (χ1) is 13.0. The summed E-state index contributed by atoms with van der Waals surface area (Å²) in [6.45, 7) is 0.834. The van der Waals surface area contributed by atoms with Crippen molar-refractivity contribution in [2.24, 2.45) is 0 Å². The molecule has 1 aromatic heterocycles. The second-order valence-electron chi connectivity index (χ2n) is 5.88. The van der Waals surface area contributed by atoms with Crippen molar-refractivity contribution in [3.05, 3.63) is 69.2 Å². The van der Waals surface area contributed by atoms with Crippen molar-refractivity contribution in [2.45, 2.75) is 13.0 Å². The Labute approximate surface area is 166 Å². The zero-order chi connectivity index (χ0) is 19.4. The maximum absolute atomic E-state index is 12.1. The summed E-state index contributed by atoms with van der Waals surface area (Å²) in [4.78, 5) is 16.0. The van der Waals surface area contributed by atoms with Gasteiger partial charge in [0, 0.05) is 18.3 Å². The lowest BCUT2D eigenvalue weighted by Gasteiger charge is -2.12. The Hall–Kier alpha value is -2.70. The van der Waals surface area contributed by atoms with E-state index in [4.69, 9.17) is 39.4 Å². The van der Waals surface area contributed by atoms with Crippen LogP contribution in [0.1, 0.15) is 6.42 Å². The molecule has 0 bridgehead atoms. The number of aromatic nitrogens is 2. The number of nitrogens with two attached hydrogens (primary N) is 2. The van der Waals surface area contributed by atoms with E-state index in [1.54, 1.807) is 36.5 Å². The smallest absolute Gasteiger partial charge is 0.349 e. The van der Waals surface area contributed by atoms with Crippen LogP contribution in [0, 0.1) is 0 Å². The van der Waals surface area contributed by atoms with E-state index in [1.165, 1.54) is 4.57 Å². The molecule has 0 amide bonds. The number of rotatable bonds is 6. The molecule has 4 N–H and O–H groups in total. The van der Waals surface area contributed by atoms with Crippen LogP contribution < -0.4 is 21.9 Å². The number of ether oxygens (including phenoxy) is 1. The number of aryl methyl sites for hydroxylation is 1. The molecule has 0 unspecified atom stereocenters. The molecular formula is C19H18Cl2N4O2. The number of hydrogen-bond donors (Lipinski definition) is 2. The Morgan fingerprint density at radius 1 is 1.07 bits per heavy atom. The molecule has 0 aliphatic carbocycles. The topological polar surface area (TPSA) is 96.2 Å². The summed E-state index contributed by atoms with van der Waals surface area (Å²) in [6.07, 6.45) is 2.27. The van der Waals surface area contributed by atoms with Gasteiger partial charge in [-0.1, -0.05) is 41.4 Å².